The van der Waals surface area contributed by atoms with Crippen LogP contribution in [0.1, 0.15) is 18.6 Å². The van der Waals surface area contributed by atoms with Gasteiger partial charge in [0.1, 0.15) is 0 Å². The predicted octanol–water partition coefficient (Wildman–Crippen LogP) is 3.14. The number of hydrogen-bond acceptors (Lipinski definition) is 5. The topological polar surface area (TPSA) is 60.2 Å². The molecule has 1 N–H and O–H groups in total. The molecular formula is C12H12F3N3O2. The van der Waals surface area contributed by atoms with Crippen LogP contribution in [-0.2, 0) is 13.0 Å². The number of rotatable bonds is 5. The average molecular weight is 287 g/mol. The van der Waals surface area contributed by atoms with Crippen molar-refractivity contribution in [2.75, 3.05) is 5.32 Å². The fourth-order valence-electron chi connectivity index (χ4n) is 1.50. The van der Waals surface area contributed by atoms with Crippen molar-refractivity contribution in [3.05, 3.63) is 36.0 Å². The summed E-state index contributed by atoms with van der Waals surface area (Å²) in [5.74, 6) is 0.528. The number of hydrogen-bond donors (Lipinski definition) is 1. The number of nitrogens with one attached hydrogen (secondary N) is 1. The molecule has 2 aromatic rings. The molecule has 0 aliphatic carbocycles. The van der Waals surface area contributed by atoms with Gasteiger partial charge in [-0.05, 0) is 12.1 Å². The number of alkyl halides is 3. The van der Waals surface area contributed by atoms with E-state index in [1.165, 1.54) is 18.2 Å². The minimum Gasteiger partial charge on any atom is -0.404 e. The van der Waals surface area contributed by atoms with Gasteiger partial charge < -0.3 is 14.6 Å². The molecule has 0 radical (unpaired) electrons. The number of anilines is 1. The zero-order valence-electron chi connectivity index (χ0n) is 10.6. The number of aryl methyl sites for hydroxylation is 1. The molecule has 1 heterocycles. The average Bonchev–Trinajstić information content (AvgIpc) is 2.84. The summed E-state index contributed by atoms with van der Waals surface area (Å²) >= 11 is 0. The maximum Gasteiger partial charge on any atom is 0.573 e. The van der Waals surface area contributed by atoms with Crippen molar-refractivity contribution >= 4 is 5.69 Å². The van der Waals surface area contributed by atoms with Gasteiger partial charge in [-0.1, -0.05) is 24.2 Å². The van der Waals surface area contributed by atoms with Crippen LogP contribution in [0.15, 0.2) is 28.8 Å². The summed E-state index contributed by atoms with van der Waals surface area (Å²) in [7, 11) is 0. The van der Waals surface area contributed by atoms with E-state index in [1.807, 2.05) is 6.92 Å². The van der Waals surface area contributed by atoms with Gasteiger partial charge in [0.15, 0.2) is 11.6 Å². The van der Waals surface area contributed by atoms with E-state index in [-0.39, 0.29) is 18.0 Å². The predicted molar refractivity (Wildman–Crippen MR) is 64.1 cm³/mol. The summed E-state index contributed by atoms with van der Waals surface area (Å²) in [5.41, 5.74) is 0.195. The molecule has 108 valence electrons. The van der Waals surface area contributed by atoms with Crippen LogP contribution in [0.5, 0.6) is 5.75 Å². The number of para-hydroxylation sites is 2. The van der Waals surface area contributed by atoms with E-state index >= 15 is 0 Å². The molecule has 0 amide bonds. The number of benzene rings is 1. The first-order valence-corrected chi connectivity index (χ1v) is 5.88. The van der Waals surface area contributed by atoms with Gasteiger partial charge in [0.25, 0.3) is 0 Å². The van der Waals surface area contributed by atoms with Crippen LogP contribution in [0, 0.1) is 0 Å². The van der Waals surface area contributed by atoms with Gasteiger partial charge in [-0.25, -0.2) is 0 Å². The molecule has 0 saturated carbocycles. The molecule has 2 rings (SSSR count). The second kappa shape index (κ2) is 5.81. The second-order valence-corrected chi connectivity index (χ2v) is 3.86. The smallest absolute Gasteiger partial charge is 0.404 e. The number of halogens is 3. The third-order valence-electron chi connectivity index (χ3n) is 2.37. The summed E-state index contributed by atoms with van der Waals surface area (Å²) in [6, 6.07) is 5.74. The lowest BCUT2D eigenvalue weighted by molar-refractivity contribution is -0.274. The molecule has 0 aliphatic heterocycles. The normalized spacial score (nSPS) is 11.4. The largest absolute Gasteiger partial charge is 0.573 e. The molecule has 1 aromatic carbocycles. The van der Waals surface area contributed by atoms with Crippen LogP contribution < -0.4 is 10.1 Å². The highest BCUT2D eigenvalue weighted by atomic mass is 19.4. The Kier molecular flexibility index (Phi) is 4.11. The first kappa shape index (κ1) is 14.2. The molecule has 0 saturated heterocycles. The minimum atomic E-state index is -4.74. The summed E-state index contributed by atoms with van der Waals surface area (Å²) in [6.45, 7) is 1.99. The fourth-order valence-corrected chi connectivity index (χ4v) is 1.50. The van der Waals surface area contributed by atoms with E-state index in [9.17, 15) is 13.2 Å². The van der Waals surface area contributed by atoms with Crippen LogP contribution in [0.25, 0.3) is 0 Å². The molecule has 20 heavy (non-hydrogen) atoms. The van der Waals surface area contributed by atoms with Crippen molar-refractivity contribution in [2.24, 2.45) is 0 Å². The van der Waals surface area contributed by atoms with Crippen molar-refractivity contribution in [1.82, 2.24) is 10.1 Å². The van der Waals surface area contributed by atoms with Gasteiger partial charge in [-0.15, -0.1) is 13.2 Å². The second-order valence-electron chi connectivity index (χ2n) is 3.86. The number of nitrogens with zero attached hydrogens (tertiary/aromatic N) is 2. The van der Waals surface area contributed by atoms with E-state index in [2.05, 4.69) is 20.2 Å². The molecule has 0 fully saturated rings. The summed E-state index contributed by atoms with van der Waals surface area (Å²) in [5, 5.41) is 6.46. The quantitative estimate of drug-likeness (QED) is 0.915. The van der Waals surface area contributed by atoms with Crippen molar-refractivity contribution in [1.29, 1.82) is 0 Å². The third kappa shape index (κ3) is 3.87. The van der Waals surface area contributed by atoms with Crippen LogP contribution in [0.2, 0.25) is 0 Å². The highest BCUT2D eigenvalue weighted by Crippen LogP contribution is 2.30. The Morgan fingerprint density at radius 1 is 1.30 bits per heavy atom. The molecule has 0 spiro atoms. The minimum absolute atomic E-state index is 0.116. The van der Waals surface area contributed by atoms with Crippen molar-refractivity contribution in [3.8, 4) is 5.75 Å². The fraction of sp³-hybridized carbons (Fsp3) is 0.333. The molecule has 0 aliphatic rings. The van der Waals surface area contributed by atoms with Gasteiger partial charge >= 0.3 is 6.36 Å². The van der Waals surface area contributed by atoms with Crippen LogP contribution in [-0.4, -0.2) is 16.5 Å². The first-order valence-electron chi connectivity index (χ1n) is 5.88. The zero-order valence-corrected chi connectivity index (χ0v) is 10.6. The molecule has 0 unspecified atom stereocenters. The molecular weight excluding hydrogens is 275 g/mol. The third-order valence-corrected chi connectivity index (χ3v) is 2.37. The SMILES string of the molecule is CCc1noc(CNc2ccccc2OC(F)(F)F)n1. The van der Waals surface area contributed by atoms with Gasteiger partial charge in [-0.2, -0.15) is 4.98 Å². The Bertz CT molecular complexity index is 569. The molecule has 5 nitrogen and oxygen atoms in total. The molecule has 0 atom stereocenters. The first-order chi connectivity index (χ1) is 9.48. The monoisotopic (exact) mass is 287 g/mol. The van der Waals surface area contributed by atoms with Crippen LogP contribution >= 0.6 is 0 Å². The highest BCUT2D eigenvalue weighted by Gasteiger charge is 2.32. The Balaban J connectivity index is 2.05. The maximum atomic E-state index is 12.2. The summed E-state index contributed by atoms with van der Waals surface area (Å²) < 4.78 is 45.6. The highest BCUT2D eigenvalue weighted by molar-refractivity contribution is 5.56. The van der Waals surface area contributed by atoms with E-state index in [0.717, 1.165) is 0 Å². The lowest BCUT2D eigenvalue weighted by Gasteiger charge is -2.13. The molecule has 1 aromatic heterocycles. The Hall–Kier alpha value is -2.25. The van der Waals surface area contributed by atoms with Crippen molar-refractivity contribution < 1.29 is 22.4 Å². The lowest BCUT2D eigenvalue weighted by Crippen LogP contribution is -2.18. The van der Waals surface area contributed by atoms with Gasteiger partial charge in [0, 0.05) is 6.42 Å². The summed E-state index contributed by atoms with van der Waals surface area (Å²) in [4.78, 5) is 4.04. The van der Waals surface area contributed by atoms with E-state index in [0.29, 0.717) is 18.1 Å². The Labute approximate surface area is 112 Å². The summed E-state index contributed by atoms with van der Waals surface area (Å²) in [6.07, 6.45) is -4.12. The zero-order chi connectivity index (χ0) is 14.6. The van der Waals surface area contributed by atoms with Crippen molar-refractivity contribution in [2.45, 2.75) is 26.3 Å². The lowest BCUT2D eigenvalue weighted by atomic mass is 10.3. The van der Waals surface area contributed by atoms with E-state index < -0.39 is 6.36 Å². The molecule has 0 bridgehead atoms. The van der Waals surface area contributed by atoms with Gasteiger partial charge in [-0.3, -0.25) is 0 Å². The van der Waals surface area contributed by atoms with Crippen LogP contribution in [0.4, 0.5) is 18.9 Å². The number of ether oxygens (including phenoxy) is 1. The number of aromatic nitrogens is 2. The van der Waals surface area contributed by atoms with Gasteiger partial charge in [0.05, 0.1) is 12.2 Å². The Morgan fingerprint density at radius 2 is 2.05 bits per heavy atom. The van der Waals surface area contributed by atoms with Crippen LogP contribution in [0.3, 0.4) is 0 Å². The van der Waals surface area contributed by atoms with E-state index in [4.69, 9.17) is 4.52 Å². The van der Waals surface area contributed by atoms with Crippen molar-refractivity contribution in [3.63, 3.8) is 0 Å². The van der Waals surface area contributed by atoms with Gasteiger partial charge in [0.2, 0.25) is 5.89 Å². The molecule has 8 heteroatoms. The standard InChI is InChI=1S/C12H12F3N3O2/c1-2-10-17-11(20-18-10)7-16-8-5-3-4-6-9(8)19-12(13,14)15/h3-6,16H,2,7H2,1H3. The van der Waals surface area contributed by atoms with E-state index in [1.54, 1.807) is 6.07 Å². The maximum absolute atomic E-state index is 12.2. The Morgan fingerprint density at radius 3 is 2.70 bits per heavy atom.